The van der Waals surface area contributed by atoms with Crippen molar-refractivity contribution in [2.45, 2.75) is 56.5 Å². The van der Waals surface area contributed by atoms with Gasteiger partial charge in [0.1, 0.15) is 0 Å². The third-order valence-corrected chi connectivity index (χ3v) is 5.24. The molecule has 0 bridgehead atoms. The van der Waals surface area contributed by atoms with Gasteiger partial charge >= 0.3 is 0 Å². The lowest BCUT2D eigenvalue weighted by atomic mass is 9.74. The van der Waals surface area contributed by atoms with Crippen molar-refractivity contribution in [2.75, 3.05) is 27.7 Å². The minimum Gasteiger partial charge on any atom is -0.302 e. The molecule has 2 fully saturated rings. The van der Waals surface area contributed by atoms with Gasteiger partial charge in [0.15, 0.2) is 0 Å². The predicted octanol–water partition coefficient (Wildman–Crippen LogP) is 2.48. The Morgan fingerprint density at radius 2 is 1.78 bits per heavy atom. The highest BCUT2D eigenvalue weighted by Crippen LogP contribution is 2.38. The molecule has 102 valence electrons. The van der Waals surface area contributed by atoms with Crippen molar-refractivity contribution < 1.29 is 0 Å². The number of likely N-dealkylation sites (N-methyl/N-ethyl adjacent to an activating group) is 2. The van der Waals surface area contributed by atoms with E-state index in [1.807, 2.05) is 0 Å². The molecule has 3 nitrogen and oxygen atoms in total. The summed E-state index contributed by atoms with van der Waals surface area (Å²) in [4.78, 5) is 4.88. The first-order chi connectivity index (χ1) is 8.59. The Kier molecular flexibility index (Phi) is 4.29. The Hall–Kier alpha value is -0.590. The monoisotopic (exact) mass is 249 g/mol. The van der Waals surface area contributed by atoms with Crippen LogP contribution >= 0.6 is 0 Å². The van der Waals surface area contributed by atoms with E-state index in [-0.39, 0.29) is 5.92 Å². The predicted molar refractivity (Wildman–Crippen MR) is 74.3 cm³/mol. The summed E-state index contributed by atoms with van der Waals surface area (Å²) >= 11 is 0. The van der Waals surface area contributed by atoms with Crippen LogP contribution in [-0.2, 0) is 0 Å². The average Bonchev–Trinajstić information content (AvgIpc) is 2.33. The number of nitrogens with zero attached hydrogens (tertiary/aromatic N) is 3. The van der Waals surface area contributed by atoms with Gasteiger partial charge in [0.2, 0.25) is 0 Å². The summed E-state index contributed by atoms with van der Waals surface area (Å²) in [5, 5.41) is 9.30. The van der Waals surface area contributed by atoms with E-state index >= 15 is 0 Å². The van der Waals surface area contributed by atoms with Gasteiger partial charge in [-0.1, -0.05) is 12.8 Å². The number of hydrogen-bond donors (Lipinski definition) is 0. The Morgan fingerprint density at radius 3 is 2.28 bits per heavy atom. The Labute approximate surface area is 112 Å². The normalized spacial score (nSPS) is 31.1. The van der Waals surface area contributed by atoms with Gasteiger partial charge in [-0.2, -0.15) is 5.26 Å². The molecule has 0 saturated heterocycles. The van der Waals surface area contributed by atoms with Gasteiger partial charge < -0.3 is 9.80 Å². The molecule has 0 aromatic carbocycles. The lowest BCUT2D eigenvalue weighted by Gasteiger charge is -2.51. The van der Waals surface area contributed by atoms with Crippen LogP contribution in [0.5, 0.6) is 0 Å². The van der Waals surface area contributed by atoms with Gasteiger partial charge in [-0.05, 0) is 53.2 Å². The molecule has 18 heavy (non-hydrogen) atoms. The third-order valence-electron chi connectivity index (χ3n) is 5.24. The summed E-state index contributed by atoms with van der Waals surface area (Å²) in [7, 11) is 6.63. The van der Waals surface area contributed by atoms with Crippen LogP contribution in [0, 0.1) is 17.2 Å². The summed E-state index contributed by atoms with van der Waals surface area (Å²) in [6, 6.07) is 3.02. The smallest absolute Gasteiger partial charge is 0.0672 e. The van der Waals surface area contributed by atoms with E-state index in [0.29, 0.717) is 11.6 Å². The maximum absolute atomic E-state index is 9.30. The zero-order chi connectivity index (χ0) is 13.2. The molecule has 3 heteroatoms. The SMILES string of the molecule is CN(CC1(N(C)C)CCC1)C1CCCCC1C#N. The van der Waals surface area contributed by atoms with Crippen molar-refractivity contribution in [2.24, 2.45) is 5.92 Å². The minimum absolute atomic E-state index is 0.253. The van der Waals surface area contributed by atoms with Crippen molar-refractivity contribution in [1.29, 1.82) is 5.26 Å². The molecule has 0 radical (unpaired) electrons. The van der Waals surface area contributed by atoms with E-state index in [9.17, 15) is 5.26 Å². The molecule has 0 amide bonds. The van der Waals surface area contributed by atoms with E-state index in [1.54, 1.807) is 0 Å². The summed E-state index contributed by atoms with van der Waals surface area (Å²) in [5.41, 5.74) is 0.381. The fourth-order valence-electron chi connectivity index (χ4n) is 3.70. The quantitative estimate of drug-likeness (QED) is 0.767. The fraction of sp³-hybridized carbons (Fsp3) is 0.933. The van der Waals surface area contributed by atoms with Gasteiger partial charge in [-0.15, -0.1) is 0 Å². The standard InChI is InChI=1S/C15H27N3/c1-17(2)15(9-6-10-15)12-18(3)14-8-5-4-7-13(14)11-16/h13-14H,4-10,12H2,1-3H3. The highest BCUT2D eigenvalue weighted by molar-refractivity contribution is 5.01. The van der Waals surface area contributed by atoms with Crippen LogP contribution in [0.1, 0.15) is 44.9 Å². The van der Waals surface area contributed by atoms with E-state index < -0.39 is 0 Å². The van der Waals surface area contributed by atoms with Crippen molar-refractivity contribution in [3.05, 3.63) is 0 Å². The molecule has 0 heterocycles. The lowest BCUT2D eigenvalue weighted by molar-refractivity contribution is 0.00564. The lowest BCUT2D eigenvalue weighted by Crippen LogP contribution is -2.58. The Balaban J connectivity index is 1.98. The molecule has 2 rings (SSSR count). The highest BCUT2D eigenvalue weighted by atomic mass is 15.2. The molecular weight excluding hydrogens is 222 g/mol. The first-order valence-corrected chi connectivity index (χ1v) is 7.36. The topological polar surface area (TPSA) is 30.3 Å². The van der Waals surface area contributed by atoms with Crippen LogP contribution in [0.4, 0.5) is 0 Å². The van der Waals surface area contributed by atoms with Crippen molar-refractivity contribution in [3.63, 3.8) is 0 Å². The second-order valence-electron chi connectivity index (χ2n) is 6.47. The van der Waals surface area contributed by atoms with E-state index in [4.69, 9.17) is 0 Å². The number of nitriles is 1. The number of hydrogen-bond acceptors (Lipinski definition) is 3. The van der Waals surface area contributed by atoms with Crippen LogP contribution in [0.15, 0.2) is 0 Å². The second-order valence-corrected chi connectivity index (χ2v) is 6.47. The van der Waals surface area contributed by atoms with E-state index in [0.717, 1.165) is 13.0 Å². The molecule has 0 aromatic rings. The maximum Gasteiger partial charge on any atom is 0.0672 e. The van der Waals surface area contributed by atoms with Gasteiger partial charge in [-0.25, -0.2) is 0 Å². The van der Waals surface area contributed by atoms with Crippen molar-refractivity contribution >= 4 is 0 Å². The zero-order valence-corrected chi connectivity index (χ0v) is 12.2. The second kappa shape index (κ2) is 5.59. The third kappa shape index (κ3) is 2.55. The van der Waals surface area contributed by atoms with Crippen LogP contribution in [0.25, 0.3) is 0 Å². The van der Waals surface area contributed by atoms with E-state index in [2.05, 4.69) is 37.0 Å². The van der Waals surface area contributed by atoms with E-state index in [1.165, 1.54) is 38.5 Å². The largest absolute Gasteiger partial charge is 0.302 e. The molecule has 0 N–H and O–H groups in total. The molecule has 2 aliphatic rings. The van der Waals surface area contributed by atoms with Crippen LogP contribution < -0.4 is 0 Å². The molecule has 2 saturated carbocycles. The van der Waals surface area contributed by atoms with Gasteiger partial charge in [0, 0.05) is 18.1 Å². The first-order valence-electron chi connectivity index (χ1n) is 7.36. The van der Waals surface area contributed by atoms with Gasteiger partial charge in [0.05, 0.1) is 12.0 Å². The molecule has 0 aliphatic heterocycles. The van der Waals surface area contributed by atoms with Crippen molar-refractivity contribution in [3.8, 4) is 6.07 Å². The Bertz CT molecular complexity index is 314. The highest BCUT2D eigenvalue weighted by Gasteiger charge is 2.41. The molecule has 0 spiro atoms. The molecular formula is C15H27N3. The summed E-state index contributed by atoms with van der Waals surface area (Å²) in [5.74, 6) is 0.253. The summed E-state index contributed by atoms with van der Waals surface area (Å²) in [6.45, 7) is 1.13. The summed E-state index contributed by atoms with van der Waals surface area (Å²) < 4.78 is 0. The van der Waals surface area contributed by atoms with Gasteiger partial charge in [-0.3, -0.25) is 0 Å². The first kappa shape index (κ1) is 13.8. The molecule has 2 unspecified atom stereocenters. The van der Waals surface area contributed by atoms with Crippen LogP contribution in [-0.4, -0.2) is 49.1 Å². The van der Waals surface area contributed by atoms with Crippen LogP contribution in [0.3, 0.4) is 0 Å². The molecule has 2 aliphatic carbocycles. The maximum atomic E-state index is 9.30. The zero-order valence-electron chi connectivity index (χ0n) is 12.2. The number of rotatable bonds is 4. The van der Waals surface area contributed by atoms with Crippen molar-refractivity contribution in [1.82, 2.24) is 9.80 Å². The minimum atomic E-state index is 0.253. The van der Waals surface area contributed by atoms with Crippen LogP contribution in [0.2, 0.25) is 0 Å². The average molecular weight is 249 g/mol. The summed E-state index contributed by atoms with van der Waals surface area (Å²) in [6.07, 6.45) is 8.82. The van der Waals surface area contributed by atoms with Gasteiger partial charge in [0.25, 0.3) is 0 Å². The molecule has 2 atom stereocenters. The fourth-order valence-corrected chi connectivity index (χ4v) is 3.70. The molecule has 0 aromatic heterocycles. The Morgan fingerprint density at radius 1 is 1.11 bits per heavy atom.